The van der Waals surface area contributed by atoms with Gasteiger partial charge in [-0.05, 0) is 31.7 Å². The summed E-state index contributed by atoms with van der Waals surface area (Å²) in [6.07, 6.45) is 0. The molecule has 1 aromatic carbocycles. The molecule has 0 saturated heterocycles. The van der Waals surface area contributed by atoms with Crippen LogP contribution in [-0.4, -0.2) is 32.4 Å². The van der Waals surface area contributed by atoms with Gasteiger partial charge in [0.05, 0.1) is 13.3 Å². The van der Waals surface area contributed by atoms with Crippen LogP contribution in [0.25, 0.3) is 0 Å². The molecule has 0 radical (unpaired) electrons. The van der Waals surface area contributed by atoms with Crippen molar-refractivity contribution in [1.82, 2.24) is 4.90 Å². The minimum absolute atomic E-state index is 0.646. The molecule has 0 bridgehead atoms. The van der Waals surface area contributed by atoms with Gasteiger partial charge in [-0.1, -0.05) is 12.1 Å². The molecule has 0 amide bonds. The van der Waals surface area contributed by atoms with Crippen molar-refractivity contribution in [1.29, 1.82) is 0 Å². The van der Waals surface area contributed by atoms with E-state index in [0.717, 1.165) is 12.3 Å². The molecule has 0 atom stereocenters. The Morgan fingerprint density at radius 3 is 2.40 bits per heavy atom. The van der Waals surface area contributed by atoms with Gasteiger partial charge in [-0.3, -0.25) is 4.90 Å². The van der Waals surface area contributed by atoms with E-state index in [9.17, 15) is 0 Å². The fraction of sp³-hybridized carbons (Fsp3) is 0.500. The predicted octanol–water partition coefficient (Wildman–Crippen LogP) is 2.12. The fourth-order valence-electron chi connectivity index (χ4n) is 1.44. The summed E-state index contributed by atoms with van der Waals surface area (Å²) in [5.41, 5.74) is 1.26. The lowest BCUT2D eigenvalue weighted by Crippen LogP contribution is -2.20. The Morgan fingerprint density at radius 2 is 1.87 bits per heavy atom. The number of hydrogen-bond acceptors (Lipinski definition) is 3. The van der Waals surface area contributed by atoms with Crippen LogP contribution in [0.15, 0.2) is 24.3 Å². The summed E-state index contributed by atoms with van der Waals surface area (Å²) in [6, 6.07) is 8.16. The molecule has 3 heteroatoms. The number of ether oxygens (including phenoxy) is 2. The van der Waals surface area contributed by atoms with Crippen LogP contribution < -0.4 is 4.74 Å². The molecule has 0 spiro atoms. The normalized spacial score (nSPS) is 10.7. The topological polar surface area (TPSA) is 21.7 Å². The van der Waals surface area contributed by atoms with E-state index in [1.54, 1.807) is 7.11 Å². The first-order valence-corrected chi connectivity index (χ1v) is 5.15. The molecular formula is C12H19NO2. The molecule has 0 fully saturated rings. The number of rotatable bonds is 6. The lowest BCUT2D eigenvalue weighted by atomic mass is 10.2. The third-order valence-electron chi connectivity index (χ3n) is 2.04. The summed E-state index contributed by atoms with van der Waals surface area (Å²) in [5, 5.41) is 0. The highest BCUT2D eigenvalue weighted by Gasteiger charge is 1.99. The summed E-state index contributed by atoms with van der Waals surface area (Å²) < 4.78 is 10.4. The van der Waals surface area contributed by atoms with E-state index in [2.05, 4.69) is 17.0 Å². The Balaban J connectivity index is 2.48. The van der Waals surface area contributed by atoms with E-state index in [1.165, 1.54) is 5.56 Å². The summed E-state index contributed by atoms with van der Waals surface area (Å²) in [7, 11) is 3.73. The molecule has 0 heterocycles. The number of benzene rings is 1. The second kappa shape index (κ2) is 6.43. The van der Waals surface area contributed by atoms with Gasteiger partial charge in [0.25, 0.3) is 0 Å². The van der Waals surface area contributed by atoms with Gasteiger partial charge in [-0.25, -0.2) is 0 Å². The van der Waals surface area contributed by atoms with Crippen molar-refractivity contribution in [2.24, 2.45) is 0 Å². The molecule has 3 nitrogen and oxygen atoms in total. The van der Waals surface area contributed by atoms with Crippen molar-refractivity contribution in [3.05, 3.63) is 29.8 Å². The molecule has 0 aliphatic carbocycles. The highest BCUT2D eigenvalue weighted by atomic mass is 16.5. The number of hydrogen-bond donors (Lipinski definition) is 0. The first-order valence-electron chi connectivity index (χ1n) is 5.15. The van der Waals surface area contributed by atoms with Crippen molar-refractivity contribution in [3.8, 4) is 5.75 Å². The van der Waals surface area contributed by atoms with Gasteiger partial charge in [0.2, 0.25) is 0 Å². The Labute approximate surface area is 91.6 Å². The SMILES string of the molecule is CCOc1ccc(CN(C)COC)cc1. The molecule has 0 N–H and O–H groups in total. The van der Waals surface area contributed by atoms with Crippen molar-refractivity contribution in [2.45, 2.75) is 13.5 Å². The first-order chi connectivity index (χ1) is 7.26. The van der Waals surface area contributed by atoms with Gasteiger partial charge < -0.3 is 9.47 Å². The zero-order valence-electron chi connectivity index (χ0n) is 9.69. The van der Waals surface area contributed by atoms with E-state index in [1.807, 2.05) is 26.1 Å². The quantitative estimate of drug-likeness (QED) is 0.670. The minimum atomic E-state index is 0.646. The lowest BCUT2D eigenvalue weighted by Gasteiger charge is -2.15. The number of methoxy groups -OCH3 is 1. The monoisotopic (exact) mass is 209 g/mol. The molecule has 1 aromatic rings. The molecule has 1 rings (SSSR count). The molecule has 0 aliphatic heterocycles. The van der Waals surface area contributed by atoms with Gasteiger partial charge in [-0.15, -0.1) is 0 Å². The maximum Gasteiger partial charge on any atom is 0.119 e. The zero-order valence-corrected chi connectivity index (χ0v) is 9.69. The van der Waals surface area contributed by atoms with E-state index < -0.39 is 0 Å². The Kier molecular flexibility index (Phi) is 5.15. The van der Waals surface area contributed by atoms with Crippen LogP contribution in [0, 0.1) is 0 Å². The van der Waals surface area contributed by atoms with Gasteiger partial charge in [0.1, 0.15) is 5.75 Å². The Bertz CT molecular complexity index is 271. The standard InChI is InChI=1S/C12H19NO2/c1-4-15-12-7-5-11(6-8-12)9-13(2)10-14-3/h5-8H,4,9-10H2,1-3H3. The maximum absolute atomic E-state index is 5.38. The lowest BCUT2D eigenvalue weighted by molar-refractivity contribution is 0.0771. The van der Waals surface area contributed by atoms with Crippen LogP contribution >= 0.6 is 0 Å². The highest BCUT2D eigenvalue weighted by Crippen LogP contribution is 2.12. The first kappa shape index (κ1) is 12.0. The van der Waals surface area contributed by atoms with Gasteiger partial charge in [-0.2, -0.15) is 0 Å². The highest BCUT2D eigenvalue weighted by molar-refractivity contribution is 5.27. The average molecular weight is 209 g/mol. The Hall–Kier alpha value is -1.06. The molecular weight excluding hydrogens is 190 g/mol. The smallest absolute Gasteiger partial charge is 0.119 e. The van der Waals surface area contributed by atoms with Gasteiger partial charge >= 0.3 is 0 Å². The summed E-state index contributed by atoms with van der Waals surface area (Å²) in [4.78, 5) is 2.11. The largest absolute Gasteiger partial charge is 0.494 e. The summed E-state index contributed by atoms with van der Waals surface area (Å²) >= 11 is 0. The Morgan fingerprint density at radius 1 is 1.20 bits per heavy atom. The predicted molar refractivity (Wildman–Crippen MR) is 61.0 cm³/mol. The van der Waals surface area contributed by atoms with Gasteiger partial charge in [0, 0.05) is 13.7 Å². The second-order valence-corrected chi connectivity index (χ2v) is 3.51. The van der Waals surface area contributed by atoms with Crippen LogP contribution in [0.5, 0.6) is 5.75 Å². The third kappa shape index (κ3) is 4.32. The maximum atomic E-state index is 5.38. The summed E-state index contributed by atoms with van der Waals surface area (Å²) in [5.74, 6) is 0.927. The van der Waals surface area contributed by atoms with E-state index >= 15 is 0 Å². The van der Waals surface area contributed by atoms with Crippen LogP contribution in [0.1, 0.15) is 12.5 Å². The average Bonchev–Trinajstić information content (AvgIpc) is 2.22. The van der Waals surface area contributed by atoms with Crippen molar-refractivity contribution < 1.29 is 9.47 Å². The molecule has 0 unspecified atom stereocenters. The molecule has 84 valence electrons. The van der Waals surface area contributed by atoms with E-state index in [4.69, 9.17) is 9.47 Å². The van der Waals surface area contributed by atoms with Crippen LogP contribution in [-0.2, 0) is 11.3 Å². The zero-order chi connectivity index (χ0) is 11.1. The molecule has 0 aliphatic rings. The van der Waals surface area contributed by atoms with E-state index in [-0.39, 0.29) is 0 Å². The molecule has 0 aromatic heterocycles. The third-order valence-corrected chi connectivity index (χ3v) is 2.04. The van der Waals surface area contributed by atoms with Crippen LogP contribution in [0.2, 0.25) is 0 Å². The number of nitrogens with zero attached hydrogens (tertiary/aromatic N) is 1. The van der Waals surface area contributed by atoms with Crippen LogP contribution in [0.4, 0.5) is 0 Å². The van der Waals surface area contributed by atoms with Crippen molar-refractivity contribution in [2.75, 3.05) is 27.5 Å². The van der Waals surface area contributed by atoms with Crippen molar-refractivity contribution in [3.63, 3.8) is 0 Å². The second-order valence-electron chi connectivity index (χ2n) is 3.51. The van der Waals surface area contributed by atoms with E-state index in [0.29, 0.717) is 13.3 Å². The minimum Gasteiger partial charge on any atom is -0.494 e. The summed E-state index contributed by atoms with van der Waals surface area (Å²) in [6.45, 7) is 4.23. The molecule has 15 heavy (non-hydrogen) atoms. The molecule has 0 saturated carbocycles. The fourth-order valence-corrected chi connectivity index (χ4v) is 1.44. The van der Waals surface area contributed by atoms with Crippen molar-refractivity contribution >= 4 is 0 Å². The van der Waals surface area contributed by atoms with Gasteiger partial charge in [0.15, 0.2) is 0 Å². The van der Waals surface area contributed by atoms with Crippen LogP contribution in [0.3, 0.4) is 0 Å².